The number of benzene rings is 2. The van der Waals surface area contributed by atoms with Gasteiger partial charge in [0.05, 0.1) is 17.4 Å². The highest BCUT2D eigenvalue weighted by Crippen LogP contribution is 2.56. The van der Waals surface area contributed by atoms with Crippen molar-refractivity contribution in [3.05, 3.63) is 70.8 Å². The fourth-order valence-electron chi connectivity index (χ4n) is 4.35. The molecule has 2 aromatic rings. The maximum Gasteiger partial charge on any atom is 0.506 e. The standard InChI is InChI=1S/C33H53O6PSi/c1-25(2)35-41(36-26(3)4,37-27(5)6)24-31-21-17-29(18-22-31)14-13-28-15-19-30(20-16-28)23-40(34,38-32(7,8)9)39-33(10,11)12/h13-22,25-27H,23-24H2,1-12H3/b14-13-. The van der Waals surface area contributed by atoms with Gasteiger partial charge in [-0.05, 0) is 105 Å². The molecule has 0 amide bonds. The summed E-state index contributed by atoms with van der Waals surface area (Å²) in [6.07, 6.45) is 4.41. The molecule has 0 aromatic heterocycles. The smallest absolute Gasteiger partial charge is 0.371 e. The molecule has 0 atom stereocenters. The van der Waals surface area contributed by atoms with E-state index in [1.807, 2.05) is 107 Å². The molecule has 0 aliphatic rings. The average Bonchev–Trinajstić information content (AvgIpc) is 2.75. The van der Waals surface area contributed by atoms with E-state index in [4.69, 9.17) is 22.3 Å². The molecule has 8 heteroatoms. The Labute approximate surface area is 250 Å². The topological polar surface area (TPSA) is 63.2 Å². The van der Waals surface area contributed by atoms with Crippen molar-refractivity contribution in [3.63, 3.8) is 0 Å². The lowest BCUT2D eigenvalue weighted by molar-refractivity contribution is 0.00231. The van der Waals surface area contributed by atoms with Crippen molar-refractivity contribution in [2.24, 2.45) is 0 Å². The average molecular weight is 605 g/mol. The first-order valence-corrected chi connectivity index (χ1v) is 18.3. The Balaban J connectivity index is 2.15. The second kappa shape index (κ2) is 14.7. The Bertz CT molecular complexity index is 1100. The maximum absolute atomic E-state index is 13.6. The highest BCUT2D eigenvalue weighted by atomic mass is 31.2. The summed E-state index contributed by atoms with van der Waals surface area (Å²) in [5.74, 6) is 0. The minimum atomic E-state index is -3.35. The van der Waals surface area contributed by atoms with Gasteiger partial charge in [-0.15, -0.1) is 0 Å². The number of hydrogen-bond donors (Lipinski definition) is 0. The van der Waals surface area contributed by atoms with Crippen molar-refractivity contribution in [1.82, 2.24) is 0 Å². The molecule has 0 spiro atoms. The van der Waals surface area contributed by atoms with Crippen LogP contribution in [0.5, 0.6) is 0 Å². The highest BCUT2D eigenvalue weighted by Gasteiger charge is 2.44. The molecule has 2 aromatic carbocycles. The molecule has 0 saturated carbocycles. The minimum Gasteiger partial charge on any atom is -0.371 e. The van der Waals surface area contributed by atoms with Crippen LogP contribution in [0.1, 0.15) is 105 Å². The lowest BCUT2D eigenvalue weighted by atomic mass is 10.1. The molecule has 41 heavy (non-hydrogen) atoms. The third-order valence-corrected chi connectivity index (χ3v) is 11.0. The van der Waals surface area contributed by atoms with E-state index in [1.165, 1.54) is 0 Å². The monoisotopic (exact) mass is 604 g/mol. The van der Waals surface area contributed by atoms with E-state index in [9.17, 15) is 4.57 Å². The highest BCUT2D eigenvalue weighted by molar-refractivity contribution is 7.53. The summed E-state index contributed by atoms with van der Waals surface area (Å²) in [5.41, 5.74) is 3.02. The minimum absolute atomic E-state index is 0.0109. The summed E-state index contributed by atoms with van der Waals surface area (Å²) >= 11 is 0. The second-order valence-corrected chi connectivity index (χ2v) is 17.7. The van der Waals surface area contributed by atoms with Crippen molar-refractivity contribution in [2.45, 2.75) is 125 Å². The lowest BCUT2D eigenvalue weighted by Gasteiger charge is -2.34. The molecule has 2 rings (SSSR count). The molecule has 0 heterocycles. The van der Waals surface area contributed by atoms with E-state index in [1.54, 1.807) is 0 Å². The van der Waals surface area contributed by atoms with Crippen LogP contribution in [0.3, 0.4) is 0 Å². The van der Waals surface area contributed by atoms with Gasteiger partial charge in [0.2, 0.25) is 0 Å². The van der Waals surface area contributed by atoms with E-state index in [0.717, 1.165) is 22.3 Å². The van der Waals surface area contributed by atoms with E-state index in [2.05, 4.69) is 36.4 Å². The van der Waals surface area contributed by atoms with Crippen molar-refractivity contribution < 1.29 is 26.9 Å². The first-order valence-electron chi connectivity index (χ1n) is 14.7. The van der Waals surface area contributed by atoms with E-state index >= 15 is 0 Å². The Morgan fingerprint density at radius 3 is 1.29 bits per heavy atom. The summed E-state index contributed by atoms with van der Waals surface area (Å²) in [6, 6.07) is 17.1. The van der Waals surface area contributed by atoms with Gasteiger partial charge in [-0.3, -0.25) is 4.57 Å². The predicted octanol–water partition coefficient (Wildman–Crippen LogP) is 9.48. The van der Waals surface area contributed by atoms with Crippen LogP contribution in [0.2, 0.25) is 0 Å². The zero-order valence-corrected chi connectivity index (χ0v) is 29.2. The Kier molecular flexibility index (Phi) is 12.8. The maximum atomic E-state index is 13.6. The van der Waals surface area contributed by atoms with Crippen LogP contribution in [0, 0.1) is 0 Å². The molecular formula is C33H53O6PSi. The quantitative estimate of drug-likeness (QED) is 0.122. The Morgan fingerprint density at radius 2 is 0.976 bits per heavy atom. The normalized spacial score (nSPS) is 13.7. The second-order valence-electron chi connectivity index (χ2n) is 13.4. The van der Waals surface area contributed by atoms with Crippen LogP contribution in [0.4, 0.5) is 0 Å². The van der Waals surface area contributed by atoms with E-state index in [-0.39, 0.29) is 24.5 Å². The van der Waals surface area contributed by atoms with Gasteiger partial charge in [-0.1, -0.05) is 60.7 Å². The van der Waals surface area contributed by atoms with Crippen LogP contribution in [-0.4, -0.2) is 38.3 Å². The van der Waals surface area contributed by atoms with Crippen molar-refractivity contribution in [3.8, 4) is 0 Å². The van der Waals surface area contributed by atoms with Crippen LogP contribution in [-0.2, 0) is 39.1 Å². The predicted molar refractivity (Wildman–Crippen MR) is 173 cm³/mol. The zero-order valence-electron chi connectivity index (χ0n) is 27.3. The van der Waals surface area contributed by atoms with Crippen molar-refractivity contribution in [2.75, 3.05) is 0 Å². The van der Waals surface area contributed by atoms with E-state index < -0.39 is 27.6 Å². The van der Waals surface area contributed by atoms with Gasteiger partial charge in [-0.2, -0.15) is 0 Å². The van der Waals surface area contributed by atoms with Crippen molar-refractivity contribution >= 4 is 28.6 Å². The Morgan fingerprint density at radius 1 is 0.634 bits per heavy atom. The Hall–Kier alpha value is -1.57. The molecule has 6 nitrogen and oxygen atoms in total. The van der Waals surface area contributed by atoms with Crippen LogP contribution in [0.25, 0.3) is 12.2 Å². The summed E-state index contributed by atoms with van der Waals surface area (Å²) in [7, 11) is -6.27. The third kappa shape index (κ3) is 14.0. The van der Waals surface area contributed by atoms with Crippen LogP contribution in [0.15, 0.2) is 48.5 Å². The number of hydrogen-bond acceptors (Lipinski definition) is 6. The molecule has 0 bridgehead atoms. The first-order chi connectivity index (χ1) is 18.8. The van der Waals surface area contributed by atoms with Gasteiger partial charge in [0.25, 0.3) is 0 Å². The summed E-state index contributed by atoms with van der Waals surface area (Å²) < 4.78 is 44.5. The summed E-state index contributed by atoms with van der Waals surface area (Å²) in [6.45, 7) is 23.5. The van der Waals surface area contributed by atoms with Gasteiger partial charge in [-0.25, -0.2) is 0 Å². The summed E-state index contributed by atoms with van der Waals surface area (Å²) in [4.78, 5) is 0. The summed E-state index contributed by atoms with van der Waals surface area (Å²) in [5, 5.41) is 0. The van der Waals surface area contributed by atoms with Gasteiger partial charge in [0, 0.05) is 24.4 Å². The molecule has 0 saturated heterocycles. The zero-order chi connectivity index (χ0) is 31.1. The van der Waals surface area contributed by atoms with Gasteiger partial charge in [0.1, 0.15) is 0 Å². The molecule has 0 N–H and O–H groups in total. The molecule has 0 fully saturated rings. The molecule has 0 aliphatic carbocycles. The largest absolute Gasteiger partial charge is 0.506 e. The molecule has 0 unspecified atom stereocenters. The van der Waals surface area contributed by atoms with Crippen LogP contribution < -0.4 is 0 Å². The lowest BCUT2D eigenvalue weighted by Crippen LogP contribution is -2.53. The number of rotatable bonds is 14. The fraction of sp³-hybridized carbons (Fsp3) is 0.576. The van der Waals surface area contributed by atoms with Gasteiger partial charge < -0.3 is 22.3 Å². The molecule has 230 valence electrons. The molecule has 0 aliphatic heterocycles. The van der Waals surface area contributed by atoms with E-state index in [0.29, 0.717) is 6.04 Å². The van der Waals surface area contributed by atoms with Crippen LogP contribution >= 0.6 is 7.60 Å². The fourth-order valence-corrected chi connectivity index (χ4v) is 10.2. The SMILES string of the molecule is CC(C)O[Si](Cc1ccc(/C=C\c2ccc(CP(=O)(OC(C)(C)C)OC(C)(C)C)cc2)cc1)(OC(C)C)OC(C)C. The molecule has 0 radical (unpaired) electrons. The van der Waals surface area contributed by atoms with Crippen molar-refractivity contribution in [1.29, 1.82) is 0 Å². The van der Waals surface area contributed by atoms with Gasteiger partial charge in [0.15, 0.2) is 0 Å². The third-order valence-electron chi connectivity index (χ3n) is 5.30. The first kappa shape index (κ1) is 35.6. The molecular weight excluding hydrogens is 551 g/mol. The van der Waals surface area contributed by atoms with Gasteiger partial charge >= 0.3 is 16.4 Å².